The molecule has 4 aromatic heterocycles. The van der Waals surface area contributed by atoms with Crippen LogP contribution in [0.2, 0.25) is 5.15 Å². The number of pyridine rings is 2. The first-order valence-electron chi connectivity index (χ1n) is 18.0. The number of carbonyl (C=O) groups excluding carboxylic acids is 2. The molecule has 1 saturated heterocycles. The van der Waals surface area contributed by atoms with E-state index in [4.69, 9.17) is 27.3 Å². The largest absolute Gasteiger partial charge is 0.344 e. The first-order valence-corrected chi connectivity index (χ1v) is 18.3. The SMILES string of the molecule is C[C@H]1NC(=O)c2cc(Cl)ncc2CCCCCn2c(-c3nc4cc(C(=O)N5C[C@H](N)[C@@H]6CC[C@H]5C6)cc(F)c4n3C3CC3)cc3ccc1nc32. The molecule has 2 saturated carbocycles. The van der Waals surface area contributed by atoms with E-state index in [-0.39, 0.29) is 41.1 Å². The minimum atomic E-state index is -0.430. The van der Waals surface area contributed by atoms with Gasteiger partial charge in [-0.25, -0.2) is 19.3 Å². The molecule has 4 aliphatic rings. The normalized spacial score (nSPS) is 24.1. The molecule has 5 aromatic rings. The molecule has 9 rings (SSSR count). The minimum absolute atomic E-state index is 0.0444. The molecule has 10 nitrogen and oxygen atoms in total. The number of nitrogens with zero attached hydrogens (tertiary/aromatic N) is 6. The van der Waals surface area contributed by atoms with E-state index in [1.165, 1.54) is 6.07 Å². The lowest BCUT2D eigenvalue weighted by Gasteiger charge is -2.37. The lowest BCUT2D eigenvalue weighted by atomic mass is 9.94. The van der Waals surface area contributed by atoms with Crippen molar-refractivity contribution in [1.82, 2.24) is 34.3 Å². The topological polar surface area (TPSA) is 124 Å². The number of hydrogen-bond acceptors (Lipinski definition) is 6. The smallest absolute Gasteiger partial charge is 0.254 e. The summed E-state index contributed by atoms with van der Waals surface area (Å²) in [4.78, 5) is 43.6. The lowest BCUT2D eigenvalue weighted by Crippen LogP contribution is -2.51. The third-order valence-corrected chi connectivity index (χ3v) is 11.6. The number of nitrogens with two attached hydrogens (primary N) is 1. The summed E-state index contributed by atoms with van der Waals surface area (Å²) in [5.74, 6) is 0.338. The van der Waals surface area contributed by atoms with Crippen LogP contribution in [0.15, 0.2) is 42.6 Å². The molecule has 2 aliphatic heterocycles. The highest BCUT2D eigenvalue weighted by Crippen LogP contribution is 2.44. The number of aromatic nitrogens is 5. The van der Waals surface area contributed by atoms with Crippen LogP contribution in [0.3, 0.4) is 0 Å². The summed E-state index contributed by atoms with van der Waals surface area (Å²) < 4.78 is 20.5. The van der Waals surface area contributed by atoms with Crippen molar-refractivity contribution in [3.8, 4) is 11.5 Å². The summed E-state index contributed by atoms with van der Waals surface area (Å²) in [6.07, 6.45) is 9.85. The molecular weight excluding hydrogens is 655 g/mol. The van der Waals surface area contributed by atoms with Gasteiger partial charge in [-0.05, 0) is 106 Å². The first-order chi connectivity index (χ1) is 24.2. The summed E-state index contributed by atoms with van der Waals surface area (Å²) in [6, 6.07) is 10.7. The zero-order valence-electron chi connectivity index (χ0n) is 28.0. The highest BCUT2D eigenvalue weighted by molar-refractivity contribution is 6.29. The molecule has 0 radical (unpaired) electrons. The summed E-state index contributed by atoms with van der Waals surface area (Å²) in [5.41, 5.74) is 11.5. The second kappa shape index (κ2) is 12.2. The van der Waals surface area contributed by atoms with Crippen LogP contribution in [0.5, 0.6) is 0 Å². The van der Waals surface area contributed by atoms with Crippen molar-refractivity contribution in [3.05, 3.63) is 75.9 Å². The van der Waals surface area contributed by atoms with Crippen LogP contribution in [0.1, 0.15) is 102 Å². The Balaban J connectivity index is 1.12. The number of halogens is 2. The van der Waals surface area contributed by atoms with Gasteiger partial charge in [0.1, 0.15) is 22.1 Å². The molecule has 50 heavy (non-hydrogen) atoms. The third kappa shape index (κ3) is 5.37. The molecule has 6 heterocycles. The van der Waals surface area contributed by atoms with Crippen LogP contribution in [0.25, 0.3) is 33.6 Å². The van der Waals surface area contributed by atoms with Gasteiger partial charge in [0.05, 0.1) is 22.9 Å². The Morgan fingerprint density at radius 3 is 2.72 bits per heavy atom. The van der Waals surface area contributed by atoms with E-state index in [1.807, 2.05) is 28.5 Å². The fourth-order valence-electron chi connectivity index (χ4n) is 8.55. The zero-order valence-corrected chi connectivity index (χ0v) is 28.8. The van der Waals surface area contributed by atoms with Crippen LogP contribution in [-0.4, -0.2) is 59.4 Å². The van der Waals surface area contributed by atoms with Gasteiger partial charge in [0.2, 0.25) is 0 Å². The van der Waals surface area contributed by atoms with Gasteiger partial charge in [-0.3, -0.25) is 9.59 Å². The number of piperidine rings is 1. The number of rotatable bonds is 3. The zero-order chi connectivity index (χ0) is 34.3. The van der Waals surface area contributed by atoms with Crippen molar-refractivity contribution in [3.63, 3.8) is 0 Å². The molecule has 258 valence electrons. The number of amides is 2. The highest BCUT2D eigenvalue weighted by Gasteiger charge is 2.41. The van der Waals surface area contributed by atoms with Crippen molar-refractivity contribution in [1.29, 1.82) is 0 Å². The van der Waals surface area contributed by atoms with E-state index in [0.29, 0.717) is 53.4 Å². The van der Waals surface area contributed by atoms with Crippen molar-refractivity contribution in [2.24, 2.45) is 11.7 Å². The van der Waals surface area contributed by atoms with E-state index in [0.717, 1.165) is 79.4 Å². The lowest BCUT2D eigenvalue weighted by molar-refractivity contribution is 0.0603. The van der Waals surface area contributed by atoms with E-state index in [1.54, 1.807) is 18.3 Å². The molecule has 3 fully saturated rings. The van der Waals surface area contributed by atoms with Crippen molar-refractivity contribution in [2.45, 2.75) is 95.4 Å². The summed E-state index contributed by atoms with van der Waals surface area (Å²) in [7, 11) is 0. The maximum Gasteiger partial charge on any atom is 0.254 e. The Kier molecular flexibility index (Phi) is 7.69. The summed E-state index contributed by atoms with van der Waals surface area (Å²) in [5, 5.41) is 4.34. The number of carbonyl (C=O) groups is 2. The average molecular weight is 695 g/mol. The monoisotopic (exact) mass is 694 g/mol. The first kappa shape index (κ1) is 31.6. The van der Waals surface area contributed by atoms with E-state index in [2.05, 4.69) is 20.9 Å². The van der Waals surface area contributed by atoms with Crippen molar-refractivity contribution < 1.29 is 14.0 Å². The number of nitrogens with one attached hydrogen (secondary N) is 1. The van der Waals surface area contributed by atoms with Crippen LogP contribution in [-0.2, 0) is 13.0 Å². The summed E-state index contributed by atoms with van der Waals surface area (Å²) >= 11 is 6.19. The molecule has 4 bridgehead atoms. The number of benzene rings is 1. The number of fused-ring (bicyclic) bond motifs is 5. The molecule has 2 amide bonds. The maximum atomic E-state index is 16.3. The second-order valence-electron chi connectivity index (χ2n) is 14.7. The Hall–Kier alpha value is -4.35. The maximum absolute atomic E-state index is 16.3. The van der Waals surface area contributed by atoms with E-state index in [9.17, 15) is 9.59 Å². The minimum Gasteiger partial charge on any atom is -0.344 e. The van der Waals surface area contributed by atoms with Crippen LogP contribution in [0, 0.1) is 11.7 Å². The number of likely N-dealkylation sites (tertiary alicyclic amines) is 1. The fourth-order valence-corrected chi connectivity index (χ4v) is 8.71. The molecular formula is C38H40ClFN8O2. The number of hydrogen-bond donors (Lipinski definition) is 2. The standard InChI is InChI=1S/C38H40ClFN8O2/c1-20-30-11-7-22-16-32(46(35(22)44-30)12-4-2-3-5-23-18-42-33(39)17-27(23)37(49)43-20)36-45-31-15-24(14-28(40)34(31)48(36)25-9-10-25)38(50)47-19-29(41)21-6-8-26(47)13-21/h7,11,14-18,20-21,25-26,29H,2-6,8-10,12-13,19,41H2,1H3,(H,43,49)/t20-,21-,26+,29+/m1/s1. The van der Waals surface area contributed by atoms with Crippen LogP contribution in [0.4, 0.5) is 4.39 Å². The Morgan fingerprint density at radius 1 is 1.04 bits per heavy atom. The van der Waals surface area contributed by atoms with Crippen molar-refractivity contribution in [2.75, 3.05) is 6.54 Å². The quantitative estimate of drug-likeness (QED) is 0.202. The number of imidazole rings is 1. The predicted molar refractivity (Wildman–Crippen MR) is 190 cm³/mol. The number of aryl methyl sites for hydroxylation is 2. The Labute approximate surface area is 294 Å². The van der Waals surface area contributed by atoms with Gasteiger partial charge in [-0.1, -0.05) is 18.0 Å². The van der Waals surface area contributed by atoms with Crippen LogP contribution < -0.4 is 11.1 Å². The van der Waals surface area contributed by atoms with Crippen LogP contribution >= 0.6 is 11.6 Å². The third-order valence-electron chi connectivity index (χ3n) is 11.4. The second-order valence-corrected chi connectivity index (χ2v) is 15.1. The fraction of sp³-hybridized carbons (Fsp3) is 0.447. The van der Waals surface area contributed by atoms with Gasteiger partial charge in [0, 0.05) is 53.9 Å². The average Bonchev–Trinajstić information content (AvgIpc) is 3.57. The van der Waals surface area contributed by atoms with Gasteiger partial charge >= 0.3 is 0 Å². The van der Waals surface area contributed by atoms with E-state index >= 15 is 4.39 Å². The van der Waals surface area contributed by atoms with Crippen molar-refractivity contribution >= 4 is 45.5 Å². The van der Waals surface area contributed by atoms with Gasteiger partial charge in [0.15, 0.2) is 5.82 Å². The van der Waals surface area contributed by atoms with Gasteiger partial charge in [-0.2, -0.15) is 0 Å². The molecule has 3 N–H and O–H groups in total. The van der Waals surface area contributed by atoms with Gasteiger partial charge in [0.25, 0.3) is 11.8 Å². The predicted octanol–water partition coefficient (Wildman–Crippen LogP) is 6.74. The Bertz CT molecular complexity index is 2190. The van der Waals surface area contributed by atoms with Gasteiger partial charge in [-0.15, -0.1) is 0 Å². The molecule has 1 aromatic carbocycles. The molecule has 12 heteroatoms. The highest BCUT2D eigenvalue weighted by atomic mass is 35.5. The molecule has 0 spiro atoms. The molecule has 0 unspecified atom stereocenters. The van der Waals surface area contributed by atoms with Gasteiger partial charge < -0.3 is 25.1 Å². The molecule has 2 aliphatic carbocycles. The summed E-state index contributed by atoms with van der Waals surface area (Å²) in [6.45, 7) is 3.12. The van der Waals surface area contributed by atoms with E-state index < -0.39 is 5.82 Å². The Morgan fingerprint density at radius 2 is 1.88 bits per heavy atom. The molecule has 4 atom stereocenters.